The van der Waals surface area contributed by atoms with Gasteiger partial charge in [0.05, 0.1) is 11.3 Å². The molecule has 7 heteroatoms. The molecule has 0 spiro atoms. The molecule has 5 nitrogen and oxygen atoms in total. The number of hydrogen-bond donors (Lipinski definition) is 1. The van der Waals surface area contributed by atoms with Gasteiger partial charge in [0.2, 0.25) is 0 Å². The lowest BCUT2D eigenvalue weighted by atomic mass is 10.2. The maximum atomic E-state index is 11.7. The fourth-order valence-corrected chi connectivity index (χ4v) is 3.23. The third kappa shape index (κ3) is 6.33. The number of ether oxygens (including phenoxy) is 1. The van der Waals surface area contributed by atoms with Gasteiger partial charge in [0, 0.05) is 17.8 Å². The summed E-state index contributed by atoms with van der Waals surface area (Å²) in [6.45, 7) is 0.199. The van der Waals surface area contributed by atoms with Crippen molar-refractivity contribution in [2.45, 2.75) is 19.3 Å². The predicted octanol–water partition coefficient (Wildman–Crippen LogP) is 2.67. The first kappa shape index (κ1) is 17.4. The molecule has 0 saturated carbocycles. The van der Waals surface area contributed by atoms with Crippen LogP contribution in [-0.4, -0.2) is 30.8 Å². The van der Waals surface area contributed by atoms with Crippen molar-refractivity contribution in [1.29, 1.82) is 0 Å². The fourth-order valence-electron chi connectivity index (χ4n) is 1.83. The normalized spacial score (nSPS) is 10.3. The summed E-state index contributed by atoms with van der Waals surface area (Å²) >= 11 is 2.98. The second kappa shape index (κ2) is 9.22. The summed E-state index contributed by atoms with van der Waals surface area (Å²) in [5.74, 6) is -0.958. The van der Waals surface area contributed by atoms with Crippen LogP contribution in [0.1, 0.15) is 27.4 Å². The Kier molecular flexibility index (Phi) is 6.96. The average Bonchev–Trinajstić information content (AvgIpc) is 3.23. The van der Waals surface area contributed by atoms with Crippen molar-refractivity contribution in [3.8, 4) is 0 Å². The lowest BCUT2D eigenvalue weighted by Gasteiger charge is -2.06. The number of amides is 1. The van der Waals surface area contributed by atoms with Crippen molar-refractivity contribution in [1.82, 2.24) is 5.32 Å². The van der Waals surface area contributed by atoms with Gasteiger partial charge in [-0.3, -0.25) is 14.4 Å². The highest BCUT2D eigenvalue weighted by Gasteiger charge is 2.12. The molecule has 0 fully saturated rings. The summed E-state index contributed by atoms with van der Waals surface area (Å²) in [6, 6.07) is 7.47. The minimum absolute atomic E-state index is 0.0147. The van der Waals surface area contributed by atoms with E-state index in [0.29, 0.717) is 11.4 Å². The van der Waals surface area contributed by atoms with Crippen molar-refractivity contribution >= 4 is 40.3 Å². The van der Waals surface area contributed by atoms with E-state index >= 15 is 0 Å². The average molecular weight is 351 g/mol. The van der Waals surface area contributed by atoms with Crippen LogP contribution in [0.15, 0.2) is 35.0 Å². The van der Waals surface area contributed by atoms with Crippen LogP contribution >= 0.6 is 22.7 Å². The smallest absolute Gasteiger partial charge is 0.306 e. The van der Waals surface area contributed by atoms with Gasteiger partial charge in [0.25, 0.3) is 5.91 Å². The lowest BCUT2D eigenvalue weighted by molar-refractivity contribution is -0.148. The SMILES string of the molecule is O=C(COC(=O)CCC(=O)c1cccs1)NCCc1cccs1. The highest BCUT2D eigenvalue weighted by Crippen LogP contribution is 2.12. The highest BCUT2D eigenvalue weighted by molar-refractivity contribution is 7.12. The van der Waals surface area contributed by atoms with Crippen molar-refractivity contribution in [2.75, 3.05) is 13.2 Å². The number of thiophene rings is 2. The molecule has 0 aliphatic rings. The molecule has 0 aliphatic carbocycles. The van der Waals surface area contributed by atoms with Crippen LogP contribution in [0.25, 0.3) is 0 Å². The molecule has 0 saturated heterocycles. The van der Waals surface area contributed by atoms with Crippen LogP contribution < -0.4 is 5.32 Å². The van der Waals surface area contributed by atoms with Crippen molar-refractivity contribution in [3.63, 3.8) is 0 Å². The first-order chi connectivity index (χ1) is 11.1. The monoisotopic (exact) mass is 351 g/mol. The lowest BCUT2D eigenvalue weighted by Crippen LogP contribution is -2.30. The molecule has 23 heavy (non-hydrogen) atoms. The zero-order chi connectivity index (χ0) is 16.5. The van der Waals surface area contributed by atoms with Crippen LogP contribution in [0.3, 0.4) is 0 Å². The van der Waals surface area contributed by atoms with Gasteiger partial charge in [0.15, 0.2) is 12.4 Å². The molecule has 1 amide bonds. The fraction of sp³-hybridized carbons (Fsp3) is 0.312. The molecule has 0 bridgehead atoms. The Morgan fingerprint density at radius 2 is 1.83 bits per heavy atom. The van der Waals surface area contributed by atoms with Crippen LogP contribution in [0.5, 0.6) is 0 Å². The molecule has 0 unspecified atom stereocenters. The van der Waals surface area contributed by atoms with Gasteiger partial charge in [0.1, 0.15) is 0 Å². The Morgan fingerprint density at radius 1 is 1.04 bits per heavy atom. The molecule has 2 aromatic heterocycles. The first-order valence-corrected chi connectivity index (χ1v) is 8.92. The summed E-state index contributed by atoms with van der Waals surface area (Å²) in [7, 11) is 0. The Hall–Kier alpha value is -1.99. The summed E-state index contributed by atoms with van der Waals surface area (Å²) in [4.78, 5) is 36.6. The predicted molar refractivity (Wildman–Crippen MR) is 89.9 cm³/mol. The van der Waals surface area contributed by atoms with Crippen molar-refractivity contribution in [2.24, 2.45) is 0 Å². The number of nitrogens with one attached hydrogen (secondary N) is 1. The second-order valence-corrected chi connectivity index (χ2v) is 6.72. The molecule has 0 aromatic carbocycles. The van der Waals surface area contributed by atoms with Gasteiger partial charge < -0.3 is 10.1 Å². The Morgan fingerprint density at radius 3 is 2.52 bits per heavy atom. The summed E-state index contributed by atoms with van der Waals surface area (Å²) in [6.07, 6.45) is 0.839. The summed E-state index contributed by atoms with van der Waals surface area (Å²) in [5.41, 5.74) is 0. The van der Waals surface area contributed by atoms with Gasteiger partial charge in [-0.05, 0) is 29.3 Å². The molecule has 0 atom stereocenters. The number of ketones is 1. The standard InChI is InChI=1S/C16H17NO4S2/c18-13(14-4-2-10-23-14)5-6-16(20)21-11-15(19)17-8-7-12-3-1-9-22-12/h1-4,9-10H,5-8,11H2,(H,17,19). The van der Waals surface area contributed by atoms with Gasteiger partial charge in [-0.25, -0.2) is 0 Å². The molecule has 0 radical (unpaired) electrons. The van der Waals surface area contributed by atoms with E-state index in [1.165, 1.54) is 16.2 Å². The van der Waals surface area contributed by atoms with Gasteiger partial charge in [-0.1, -0.05) is 12.1 Å². The molecule has 2 heterocycles. The number of carbonyl (C=O) groups is 3. The van der Waals surface area contributed by atoms with Crippen molar-refractivity contribution in [3.05, 3.63) is 44.8 Å². The molecule has 2 aromatic rings. The third-order valence-corrected chi connectivity index (χ3v) is 4.84. The van der Waals surface area contributed by atoms with Crippen LogP contribution in [0.4, 0.5) is 0 Å². The molecule has 1 N–H and O–H groups in total. The van der Waals surface area contributed by atoms with E-state index in [-0.39, 0.29) is 31.1 Å². The van der Waals surface area contributed by atoms with E-state index < -0.39 is 5.97 Å². The van der Waals surface area contributed by atoms with Crippen LogP contribution in [0.2, 0.25) is 0 Å². The molecule has 2 rings (SSSR count). The van der Waals surface area contributed by atoms with E-state index in [4.69, 9.17) is 4.74 Å². The molecule has 0 aliphatic heterocycles. The minimum Gasteiger partial charge on any atom is -0.456 e. The molecular weight excluding hydrogens is 334 g/mol. The van der Waals surface area contributed by atoms with Gasteiger partial charge >= 0.3 is 5.97 Å². The Balaban J connectivity index is 1.56. The number of rotatable bonds is 9. The number of esters is 1. The van der Waals surface area contributed by atoms with Gasteiger partial charge in [-0.15, -0.1) is 22.7 Å². The van der Waals surface area contributed by atoms with E-state index in [1.54, 1.807) is 23.5 Å². The minimum atomic E-state index is -0.539. The van der Waals surface area contributed by atoms with E-state index in [9.17, 15) is 14.4 Å². The van der Waals surface area contributed by atoms with Gasteiger partial charge in [-0.2, -0.15) is 0 Å². The summed E-state index contributed by atoms with van der Waals surface area (Å²) in [5, 5.41) is 6.48. The number of Topliss-reactive ketones (excluding diaryl/α,β-unsaturated/α-hetero) is 1. The Labute approximate surface area is 142 Å². The van der Waals surface area contributed by atoms with E-state index in [1.807, 2.05) is 22.9 Å². The maximum Gasteiger partial charge on any atom is 0.306 e. The van der Waals surface area contributed by atoms with E-state index in [2.05, 4.69) is 5.32 Å². The second-order valence-electron chi connectivity index (χ2n) is 4.74. The third-order valence-electron chi connectivity index (χ3n) is 2.99. The van der Waals surface area contributed by atoms with Crippen LogP contribution in [0, 0.1) is 0 Å². The van der Waals surface area contributed by atoms with E-state index in [0.717, 1.165) is 6.42 Å². The van der Waals surface area contributed by atoms with Crippen LogP contribution in [-0.2, 0) is 20.7 Å². The zero-order valence-corrected chi connectivity index (χ0v) is 14.1. The number of hydrogen-bond acceptors (Lipinski definition) is 6. The maximum absolute atomic E-state index is 11.7. The molecular formula is C16H17NO4S2. The first-order valence-electron chi connectivity index (χ1n) is 7.16. The Bertz CT molecular complexity index is 635. The summed E-state index contributed by atoms with van der Waals surface area (Å²) < 4.78 is 4.86. The molecule has 122 valence electrons. The largest absolute Gasteiger partial charge is 0.456 e. The highest BCUT2D eigenvalue weighted by atomic mass is 32.1. The quantitative estimate of drug-likeness (QED) is 0.557. The number of carbonyl (C=O) groups excluding carboxylic acids is 3. The topological polar surface area (TPSA) is 72.5 Å². The van der Waals surface area contributed by atoms with Crippen molar-refractivity contribution < 1.29 is 19.1 Å². The zero-order valence-electron chi connectivity index (χ0n) is 12.4.